The van der Waals surface area contributed by atoms with Crippen LogP contribution in [0.2, 0.25) is 0 Å². The second-order valence-electron chi connectivity index (χ2n) is 5.65. The van der Waals surface area contributed by atoms with Gasteiger partial charge in [0, 0.05) is 17.5 Å². The fraction of sp³-hybridized carbons (Fsp3) is 0.533. The Hall–Kier alpha value is -1.09. The van der Waals surface area contributed by atoms with Crippen molar-refractivity contribution in [3.63, 3.8) is 0 Å². The number of hydrogen-bond donors (Lipinski definition) is 0. The number of aryl methyl sites for hydroxylation is 1. The maximum Gasteiger partial charge on any atom is 0.257 e. The van der Waals surface area contributed by atoms with Gasteiger partial charge < -0.3 is 4.90 Å². The van der Waals surface area contributed by atoms with Gasteiger partial charge in [-0.05, 0) is 50.3 Å². The molecule has 19 heavy (non-hydrogen) atoms. The van der Waals surface area contributed by atoms with Crippen molar-refractivity contribution in [3.05, 3.63) is 35.1 Å². The molecule has 0 radical (unpaired) electrons. The van der Waals surface area contributed by atoms with E-state index in [1.165, 1.54) is 6.07 Å². The molecule has 1 aromatic rings. The fourth-order valence-corrected chi connectivity index (χ4v) is 3.79. The molecular formula is C15H17ClFNO. The van der Waals surface area contributed by atoms with E-state index in [0.29, 0.717) is 0 Å². The van der Waals surface area contributed by atoms with Crippen LogP contribution in [-0.4, -0.2) is 28.3 Å². The lowest BCUT2D eigenvalue weighted by molar-refractivity contribution is 0.0595. The van der Waals surface area contributed by atoms with Crippen LogP contribution in [0.5, 0.6) is 0 Å². The molecule has 2 unspecified atom stereocenters. The molecule has 1 amide bonds. The summed E-state index contributed by atoms with van der Waals surface area (Å²) in [5.74, 6) is -0.592. The maximum atomic E-state index is 13.9. The van der Waals surface area contributed by atoms with Crippen molar-refractivity contribution < 1.29 is 9.18 Å². The van der Waals surface area contributed by atoms with Gasteiger partial charge in [-0.1, -0.05) is 6.07 Å². The van der Waals surface area contributed by atoms with Crippen LogP contribution in [0.15, 0.2) is 18.2 Å². The Balaban J connectivity index is 1.88. The number of alkyl halides is 1. The standard InChI is InChI=1S/C15H17ClFNO/c1-9-2-5-13(14(17)6-9)15(19)18-11-3-4-12(18)8-10(16)7-11/h2,5-6,10-12H,3-4,7-8H2,1H3. The molecule has 2 aliphatic rings. The minimum atomic E-state index is -0.419. The van der Waals surface area contributed by atoms with Crippen LogP contribution in [-0.2, 0) is 0 Å². The summed E-state index contributed by atoms with van der Waals surface area (Å²) in [5.41, 5.74) is 1.02. The lowest BCUT2D eigenvalue weighted by atomic mass is 10.0. The predicted octanol–water partition coefficient (Wildman–Crippen LogP) is 3.51. The van der Waals surface area contributed by atoms with Crippen LogP contribution in [0.1, 0.15) is 41.6 Å². The second-order valence-corrected chi connectivity index (χ2v) is 6.27. The van der Waals surface area contributed by atoms with Gasteiger partial charge in [0.05, 0.1) is 5.56 Å². The predicted molar refractivity (Wildman–Crippen MR) is 73.0 cm³/mol. The highest BCUT2D eigenvalue weighted by molar-refractivity contribution is 6.20. The first kappa shape index (κ1) is 12.9. The number of halogens is 2. The van der Waals surface area contributed by atoms with Crippen LogP contribution >= 0.6 is 11.6 Å². The number of nitrogens with zero attached hydrogens (tertiary/aromatic N) is 1. The average molecular weight is 282 g/mol. The third kappa shape index (κ3) is 2.25. The molecule has 2 heterocycles. The van der Waals surface area contributed by atoms with E-state index in [0.717, 1.165) is 31.2 Å². The second kappa shape index (κ2) is 4.78. The van der Waals surface area contributed by atoms with Gasteiger partial charge in [-0.2, -0.15) is 0 Å². The number of piperidine rings is 1. The molecule has 2 saturated heterocycles. The van der Waals surface area contributed by atoms with E-state index in [1.807, 2.05) is 11.8 Å². The first-order chi connectivity index (χ1) is 9.06. The zero-order valence-electron chi connectivity index (χ0n) is 10.9. The van der Waals surface area contributed by atoms with Crippen molar-refractivity contribution in [2.75, 3.05) is 0 Å². The van der Waals surface area contributed by atoms with Gasteiger partial charge in [-0.25, -0.2) is 4.39 Å². The van der Waals surface area contributed by atoms with Gasteiger partial charge in [0.2, 0.25) is 0 Å². The Morgan fingerprint density at radius 1 is 1.32 bits per heavy atom. The first-order valence-electron chi connectivity index (χ1n) is 6.79. The zero-order valence-corrected chi connectivity index (χ0v) is 11.7. The number of rotatable bonds is 1. The quantitative estimate of drug-likeness (QED) is 0.722. The summed E-state index contributed by atoms with van der Waals surface area (Å²) in [6.45, 7) is 1.82. The largest absolute Gasteiger partial charge is 0.332 e. The van der Waals surface area contributed by atoms with Gasteiger partial charge in [-0.15, -0.1) is 11.6 Å². The molecule has 0 spiro atoms. The van der Waals surface area contributed by atoms with E-state index in [1.54, 1.807) is 12.1 Å². The minimum Gasteiger partial charge on any atom is -0.332 e. The third-order valence-corrected chi connectivity index (χ3v) is 4.62. The maximum absolute atomic E-state index is 13.9. The normalized spacial score (nSPS) is 29.6. The van der Waals surface area contributed by atoms with Crippen LogP contribution in [0, 0.1) is 12.7 Å². The van der Waals surface area contributed by atoms with E-state index < -0.39 is 5.82 Å². The fourth-order valence-electron chi connectivity index (χ4n) is 3.37. The molecule has 2 nitrogen and oxygen atoms in total. The Labute approximate surface area is 117 Å². The van der Waals surface area contributed by atoms with Crippen LogP contribution in [0.3, 0.4) is 0 Å². The number of hydrogen-bond acceptors (Lipinski definition) is 1. The number of carbonyl (C=O) groups excluding carboxylic acids is 1. The molecule has 2 fully saturated rings. The number of amides is 1. The number of fused-ring (bicyclic) bond motifs is 2. The third-order valence-electron chi connectivity index (χ3n) is 4.27. The van der Waals surface area contributed by atoms with Crippen LogP contribution in [0.4, 0.5) is 4.39 Å². The molecule has 2 atom stereocenters. The molecule has 0 aromatic heterocycles. The van der Waals surface area contributed by atoms with Crippen LogP contribution < -0.4 is 0 Å². The van der Waals surface area contributed by atoms with Gasteiger partial charge >= 0.3 is 0 Å². The van der Waals surface area contributed by atoms with Gasteiger partial charge in [0.25, 0.3) is 5.91 Å². The van der Waals surface area contributed by atoms with Gasteiger partial charge in [0.15, 0.2) is 0 Å². The summed E-state index contributed by atoms with van der Waals surface area (Å²) >= 11 is 6.20. The van der Waals surface area contributed by atoms with E-state index in [-0.39, 0.29) is 28.9 Å². The topological polar surface area (TPSA) is 20.3 Å². The summed E-state index contributed by atoms with van der Waals surface area (Å²) in [6.07, 6.45) is 3.65. The summed E-state index contributed by atoms with van der Waals surface area (Å²) in [7, 11) is 0. The van der Waals surface area contributed by atoms with E-state index in [9.17, 15) is 9.18 Å². The van der Waals surface area contributed by atoms with E-state index in [2.05, 4.69) is 0 Å². The highest BCUT2D eigenvalue weighted by Crippen LogP contribution is 2.38. The van der Waals surface area contributed by atoms with Crippen molar-refractivity contribution in [2.24, 2.45) is 0 Å². The Kier molecular flexibility index (Phi) is 3.25. The van der Waals surface area contributed by atoms with Crippen molar-refractivity contribution in [3.8, 4) is 0 Å². The number of carbonyl (C=O) groups is 1. The van der Waals surface area contributed by atoms with E-state index >= 15 is 0 Å². The highest BCUT2D eigenvalue weighted by Gasteiger charge is 2.43. The smallest absolute Gasteiger partial charge is 0.257 e. The summed E-state index contributed by atoms with van der Waals surface area (Å²) in [6, 6.07) is 5.18. The highest BCUT2D eigenvalue weighted by atomic mass is 35.5. The Bertz CT molecular complexity index is 505. The molecule has 0 N–H and O–H groups in total. The lowest BCUT2D eigenvalue weighted by Gasteiger charge is -2.37. The molecule has 102 valence electrons. The van der Waals surface area contributed by atoms with E-state index in [4.69, 9.17) is 11.6 Å². The van der Waals surface area contributed by atoms with Gasteiger partial charge in [-0.3, -0.25) is 4.79 Å². The first-order valence-corrected chi connectivity index (χ1v) is 7.23. The molecule has 0 aliphatic carbocycles. The molecular weight excluding hydrogens is 265 g/mol. The van der Waals surface area contributed by atoms with Crippen LogP contribution in [0.25, 0.3) is 0 Å². The lowest BCUT2D eigenvalue weighted by Crippen LogP contribution is -2.47. The summed E-state index contributed by atoms with van der Waals surface area (Å²) < 4.78 is 13.9. The molecule has 0 saturated carbocycles. The SMILES string of the molecule is Cc1ccc(C(=O)N2C3CCC2CC(Cl)C3)c(F)c1. The van der Waals surface area contributed by atoms with Crippen molar-refractivity contribution >= 4 is 17.5 Å². The molecule has 4 heteroatoms. The minimum absolute atomic E-state index is 0.157. The Morgan fingerprint density at radius 2 is 1.95 bits per heavy atom. The van der Waals surface area contributed by atoms with Crippen molar-refractivity contribution in [1.29, 1.82) is 0 Å². The molecule has 3 rings (SSSR count). The molecule has 2 aliphatic heterocycles. The molecule has 1 aromatic carbocycles. The van der Waals surface area contributed by atoms with Crippen molar-refractivity contribution in [1.82, 2.24) is 4.90 Å². The summed E-state index contributed by atoms with van der Waals surface area (Å²) in [4.78, 5) is 14.4. The Morgan fingerprint density at radius 3 is 2.53 bits per heavy atom. The zero-order chi connectivity index (χ0) is 13.6. The van der Waals surface area contributed by atoms with Gasteiger partial charge in [0.1, 0.15) is 5.82 Å². The van der Waals surface area contributed by atoms with Crippen molar-refractivity contribution in [2.45, 2.75) is 50.1 Å². The monoisotopic (exact) mass is 281 g/mol. The summed E-state index contributed by atoms with van der Waals surface area (Å²) in [5, 5.41) is 0.157. The average Bonchev–Trinajstić information content (AvgIpc) is 2.61. The molecule has 2 bridgehead atoms. The number of benzene rings is 1.